The van der Waals surface area contributed by atoms with E-state index >= 15 is 0 Å². The van der Waals surface area contributed by atoms with E-state index in [4.69, 9.17) is 0 Å². The molecule has 0 aliphatic carbocycles. The molecule has 0 aliphatic heterocycles. The van der Waals surface area contributed by atoms with Crippen molar-refractivity contribution in [3.05, 3.63) is 53.7 Å². The molecule has 0 aliphatic rings. The van der Waals surface area contributed by atoms with Crippen molar-refractivity contribution in [3.8, 4) is 11.3 Å². The molecule has 1 N–H and O–H groups in total. The maximum atomic E-state index is 12.4. The maximum Gasteiger partial charge on any atom is 0.253 e. The minimum Gasteiger partial charge on any atom is -0.351 e. The van der Waals surface area contributed by atoms with Crippen molar-refractivity contribution in [1.82, 2.24) is 15.2 Å². The van der Waals surface area contributed by atoms with Crippen LogP contribution in [0.4, 0.5) is 0 Å². The van der Waals surface area contributed by atoms with E-state index in [-0.39, 0.29) is 5.91 Å². The molecule has 0 atom stereocenters. The molecule has 0 saturated carbocycles. The van der Waals surface area contributed by atoms with Gasteiger partial charge in [-0.25, -0.2) is 0 Å². The summed E-state index contributed by atoms with van der Waals surface area (Å²) in [5, 5.41) is 3.00. The molecule has 1 aromatic carbocycles. The molecule has 1 amide bonds. The lowest BCUT2D eigenvalue weighted by molar-refractivity contribution is 0.0945. The van der Waals surface area contributed by atoms with Gasteiger partial charge >= 0.3 is 0 Å². The van der Waals surface area contributed by atoms with E-state index in [0.29, 0.717) is 18.2 Å². The van der Waals surface area contributed by atoms with E-state index in [0.717, 1.165) is 30.0 Å². The van der Waals surface area contributed by atoms with Gasteiger partial charge in [-0.3, -0.25) is 14.7 Å². The van der Waals surface area contributed by atoms with Crippen molar-refractivity contribution in [3.63, 3.8) is 0 Å². The highest BCUT2D eigenvalue weighted by Gasteiger charge is 2.12. The van der Waals surface area contributed by atoms with E-state index in [9.17, 15) is 4.79 Å². The van der Waals surface area contributed by atoms with Crippen LogP contribution in [-0.4, -0.2) is 41.5 Å². The van der Waals surface area contributed by atoms with E-state index in [1.54, 1.807) is 0 Å². The van der Waals surface area contributed by atoms with Crippen molar-refractivity contribution in [2.75, 3.05) is 19.6 Å². The third-order valence-corrected chi connectivity index (χ3v) is 4.22. The lowest BCUT2D eigenvalue weighted by Crippen LogP contribution is -2.38. The summed E-state index contributed by atoms with van der Waals surface area (Å²) in [6.45, 7) is 10.8. The number of benzene rings is 1. The van der Waals surface area contributed by atoms with E-state index in [1.807, 2.05) is 49.4 Å². The summed E-state index contributed by atoms with van der Waals surface area (Å²) in [7, 11) is 0. The Morgan fingerprint density at radius 3 is 2.46 bits per heavy atom. The minimum atomic E-state index is -0.0561. The Kier molecular flexibility index (Phi) is 6.50. The number of hydrogen-bond acceptors (Lipinski definition) is 3. The molecule has 2 rings (SSSR count). The van der Waals surface area contributed by atoms with Gasteiger partial charge in [0, 0.05) is 24.7 Å². The summed E-state index contributed by atoms with van der Waals surface area (Å²) < 4.78 is 0. The van der Waals surface area contributed by atoms with Crippen LogP contribution in [0.1, 0.15) is 36.8 Å². The van der Waals surface area contributed by atoms with Crippen LogP contribution in [0.3, 0.4) is 0 Å². The number of carbonyl (C=O) groups excluding carboxylic acids is 1. The van der Waals surface area contributed by atoms with Gasteiger partial charge in [-0.2, -0.15) is 0 Å². The molecule has 24 heavy (non-hydrogen) atoms. The number of aromatic nitrogens is 1. The van der Waals surface area contributed by atoms with Gasteiger partial charge in [-0.05, 0) is 39.4 Å². The van der Waals surface area contributed by atoms with Crippen LogP contribution in [0.25, 0.3) is 11.3 Å². The van der Waals surface area contributed by atoms with Gasteiger partial charge in [0.1, 0.15) is 0 Å². The third-order valence-electron chi connectivity index (χ3n) is 4.22. The fourth-order valence-electron chi connectivity index (χ4n) is 2.76. The van der Waals surface area contributed by atoms with Crippen LogP contribution in [0.2, 0.25) is 0 Å². The van der Waals surface area contributed by atoms with Gasteiger partial charge in [-0.1, -0.05) is 37.3 Å². The van der Waals surface area contributed by atoms with Crippen molar-refractivity contribution >= 4 is 5.91 Å². The highest BCUT2D eigenvalue weighted by atomic mass is 16.1. The Labute approximate surface area is 144 Å². The lowest BCUT2D eigenvalue weighted by Gasteiger charge is -2.24. The predicted molar refractivity (Wildman–Crippen MR) is 99.1 cm³/mol. The van der Waals surface area contributed by atoms with Crippen LogP contribution in [0, 0.1) is 6.92 Å². The molecule has 4 heteroatoms. The second kappa shape index (κ2) is 8.60. The second-order valence-electron chi connectivity index (χ2n) is 6.17. The summed E-state index contributed by atoms with van der Waals surface area (Å²) in [5.41, 5.74) is 3.34. The largest absolute Gasteiger partial charge is 0.351 e. The van der Waals surface area contributed by atoms with Crippen molar-refractivity contribution in [2.45, 2.75) is 33.7 Å². The number of amides is 1. The zero-order valence-electron chi connectivity index (χ0n) is 15.0. The first-order chi connectivity index (χ1) is 11.5. The summed E-state index contributed by atoms with van der Waals surface area (Å²) in [6, 6.07) is 14.3. The van der Waals surface area contributed by atoms with Crippen molar-refractivity contribution in [2.24, 2.45) is 0 Å². The van der Waals surface area contributed by atoms with E-state index in [1.165, 1.54) is 0 Å². The molecular weight excluding hydrogens is 298 g/mol. The summed E-state index contributed by atoms with van der Waals surface area (Å²) >= 11 is 0. The Morgan fingerprint density at radius 2 is 1.88 bits per heavy atom. The molecule has 0 saturated heterocycles. The average molecular weight is 325 g/mol. The number of likely N-dealkylation sites (N-methyl/N-ethyl adjacent to an activating group) is 1. The molecule has 1 heterocycles. The number of carbonyl (C=O) groups is 1. The summed E-state index contributed by atoms with van der Waals surface area (Å²) in [5.74, 6) is -0.0561. The average Bonchev–Trinajstić information content (AvgIpc) is 2.58. The molecule has 0 spiro atoms. The van der Waals surface area contributed by atoms with Crippen LogP contribution < -0.4 is 5.32 Å². The maximum absolute atomic E-state index is 12.4. The SMILES string of the molecule is CCN(CCNC(=O)c1ccc(-c2ccccc2)nc1C)C(C)C. The highest BCUT2D eigenvalue weighted by molar-refractivity contribution is 5.95. The number of nitrogens with zero attached hydrogens (tertiary/aromatic N) is 2. The molecule has 0 fully saturated rings. The smallest absolute Gasteiger partial charge is 0.253 e. The molecular formula is C20H27N3O. The molecule has 0 bridgehead atoms. The third kappa shape index (κ3) is 4.65. The molecule has 128 valence electrons. The van der Waals surface area contributed by atoms with Crippen molar-refractivity contribution in [1.29, 1.82) is 0 Å². The molecule has 2 aromatic rings. The van der Waals surface area contributed by atoms with E-state index < -0.39 is 0 Å². The first kappa shape index (κ1) is 18.1. The number of aryl methyl sites for hydroxylation is 1. The van der Waals surface area contributed by atoms with Crippen LogP contribution >= 0.6 is 0 Å². The first-order valence-corrected chi connectivity index (χ1v) is 8.58. The van der Waals surface area contributed by atoms with Crippen molar-refractivity contribution < 1.29 is 4.79 Å². The van der Waals surface area contributed by atoms with E-state index in [2.05, 4.69) is 36.0 Å². The monoisotopic (exact) mass is 325 g/mol. The Bertz CT molecular complexity index is 668. The lowest BCUT2D eigenvalue weighted by atomic mass is 10.1. The molecule has 0 unspecified atom stereocenters. The number of nitrogens with one attached hydrogen (secondary N) is 1. The fraction of sp³-hybridized carbons (Fsp3) is 0.400. The van der Waals surface area contributed by atoms with Crippen LogP contribution in [0.5, 0.6) is 0 Å². The predicted octanol–water partition coefficient (Wildman–Crippen LogP) is 3.52. The normalized spacial score (nSPS) is 11.1. The van der Waals surface area contributed by atoms with Gasteiger partial charge in [-0.15, -0.1) is 0 Å². The molecule has 0 radical (unpaired) electrons. The molecule has 4 nitrogen and oxygen atoms in total. The zero-order valence-corrected chi connectivity index (χ0v) is 15.0. The minimum absolute atomic E-state index is 0.0561. The van der Waals surface area contributed by atoms with Gasteiger partial charge in [0.05, 0.1) is 17.0 Å². The van der Waals surface area contributed by atoms with Crippen LogP contribution in [0.15, 0.2) is 42.5 Å². The highest BCUT2D eigenvalue weighted by Crippen LogP contribution is 2.18. The Balaban J connectivity index is 2.00. The van der Waals surface area contributed by atoms with Gasteiger partial charge < -0.3 is 5.32 Å². The molecule has 1 aromatic heterocycles. The topological polar surface area (TPSA) is 45.2 Å². The fourth-order valence-corrected chi connectivity index (χ4v) is 2.76. The Hall–Kier alpha value is -2.20. The number of pyridine rings is 1. The standard InChI is InChI=1S/C20H27N3O/c1-5-23(15(2)3)14-13-21-20(24)18-11-12-19(22-16(18)4)17-9-7-6-8-10-17/h6-12,15H,5,13-14H2,1-4H3,(H,21,24). The first-order valence-electron chi connectivity index (χ1n) is 8.58. The van der Waals surface area contributed by atoms with Gasteiger partial charge in [0.25, 0.3) is 5.91 Å². The van der Waals surface area contributed by atoms with Gasteiger partial charge in [0.2, 0.25) is 0 Å². The zero-order chi connectivity index (χ0) is 17.5. The quantitative estimate of drug-likeness (QED) is 0.847. The summed E-state index contributed by atoms with van der Waals surface area (Å²) in [6.07, 6.45) is 0. The summed E-state index contributed by atoms with van der Waals surface area (Å²) in [4.78, 5) is 19.3. The Morgan fingerprint density at radius 1 is 1.17 bits per heavy atom. The number of rotatable bonds is 7. The van der Waals surface area contributed by atoms with Gasteiger partial charge in [0.15, 0.2) is 0 Å². The van der Waals surface area contributed by atoms with Crippen LogP contribution in [-0.2, 0) is 0 Å². The number of hydrogen-bond donors (Lipinski definition) is 1. The second-order valence-corrected chi connectivity index (χ2v) is 6.17.